The largest absolute Gasteiger partial charge is 0.490 e. The van der Waals surface area contributed by atoms with E-state index in [4.69, 9.17) is 21.1 Å². The highest BCUT2D eigenvalue weighted by Gasteiger charge is 2.13. The lowest BCUT2D eigenvalue weighted by Crippen LogP contribution is -2.23. The third-order valence-corrected chi connectivity index (χ3v) is 3.88. The van der Waals surface area contributed by atoms with E-state index in [0.29, 0.717) is 42.8 Å². The topological polar surface area (TPSA) is 50.7 Å². The molecule has 0 aliphatic heterocycles. The highest BCUT2D eigenvalue weighted by atomic mass is 35.5. The molecule has 0 heterocycles. The van der Waals surface area contributed by atoms with Crippen molar-refractivity contribution in [3.8, 4) is 11.5 Å². The van der Waals surface area contributed by atoms with Crippen molar-refractivity contribution in [3.63, 3.8) is 0 Å². The minimum absolute atomic E-state index is 0.390. The predicted molar refractivity (Wildman–Crippen MR) is 102 cm³/mol. The van der Waals surface area contributed by atoms with Crippen LogP contribution in [0.3, 0.4) is 0 Å². The Hall–Kier alpha value is -1.75. The Balaban J connectivity index is 2.12. The Kier molecular flexibility index (Phi) is 7.56. The van der Waals surface area contributed by atoms with Crippen LogP contribution < -0.4 is 14.8 Å². The van der Waals surface area contributed by atoms with E-state index in [9.17, 15) is 5.11 Å². The van der Waals surface area contributed by atoms with Crippen LogP contribution >= 0.6 is 11.6 Å². The Morgan fingerprint density at radius 2 is 1.96 bits per heavy atom. The minimum Gasteiger partial charge on any atom is -0.490 e. The molecule has 2 aromatic rings. The van der Waals surface area contributed by atoms with Crippen molar-refractivity contribution in [2.24, 2.45) is 0 Å². The lowest BCUT2D eigenvalue weighted by molar-refractivity contribution is 0.191. The third kappa shape index (κ3) is 6.24. The summed E-state index contributed by atoms with van der Waals surface area (Å²) in [6, 6.07) is 12.0. The summed E-state index contributed by atoms with van der Waals surface area (Å²) in [6.45, 7) is 7.81. The van der Waals surface area contributed by atoms with Gasteiger partial charge in [-0.05, 0) is 44.0 Å². The summed E-state index contributed by atoms with van der Waals surface area (Å²) < 4.78 is 11.7. The Morgan fingerprint density at radius 3 is 2.64 bits per heavy atom. The molecule has 0 fully saturated rings. The highest BCUT2D eigenvalue weighted by Crippen LogP contribution is 2.37. The van der Waals surface area contributed by atoms with Gasteiger partial charge in [-0.2, -0.15) is 0 Å². The van der Waals surface area contributed by atoms with Gasteiger partial charge in [0.15, 0.2) is 11.5 Å². The average Bonchev–Trinajstić information content (AvgIpc) is 2.54. The van der Waals surface area contributed by atoms with Crippen molar-refractivity contribution in [2.75, 3.05) is 13.2 Å². The average molecular weight is 364 g/mol. The number of aliphatic hydroxyl groups excluding tert-OH is 1. The first kappa shape index (κ1) is 19.6. The minimum atomic E-state index is -0.390. The van der Waals surface area contributed by atoms with Gasteiger partial charge in [0.1, 0.15) is 6.61 Å². The molecule has 1 atom stereocenters. The molecule has 4 nitrogen and oxygen atoms in total. The quantitative estimate of drug-likeness (QED) is 0.704. The summed E-state index contributed by atoms with van der Waals surface area (Å²) in [6.07, 6.45) is -0.390. The Bertz CT molecular complexity index is 689. The predicted octanol–water partition coefficient (Wildman–Crippen LogP) is 4.10. The lowest BCUT2D eigenvalue weighted by atomic mass is 10.1. The number of hydrogen-bond acceptors (Lipinski definition) is 4. The number of rotatable bonds is 9. The summed E-state index contributed by atoms with van der Waals surface area (Å²) in [5.41, 5.74) is 3.26. The van der Waals surface area contributed by atoms with Crippen molar-refractivity contribution < 1.29 is 14.6 Å². The zero-order chi connectivity index (χ0) is 18.2. The van der Waals surface area contributed by atoms with Gasteiger partial charge in [0.25, 0.3) is 0 Å². The molecular formula is C20H26ClNO3. The number of ether oxygens (including phenoxy) is 2. The second-order valence-corrected chi connectivity index (χ2v) is 6.50. The van der Waals surface area contributed by atoms with E-state index >= 15 is 0 Å². The van der Waals surface area contributed by atoms with Crippen molar-refractivity contribution >= 4 is 11.6 Å². The number of hydrogen-bond donors (Lipinski definition) is 2. The van der Waals surface area contributed by atoms with Crippen LogP contribution in [0.2, 0.25) is 5.02 Å². The number of halogens is 1. The number of aryl methyl sites for hydroxylation is 1. The van der Waals surface area contributed by atoms with Crippen LogP contribution in [0.25, 0.3) is 0 Å². The molecule has 0 radical (unpaired) electrons. The summed E-state index contributed by atoms with van der Waals surface area (Å²) >= 11 is 6.43. The lowest BCUT2D eigenvalue weighted by Gasteiger charge is -2.16. The van der Waals surface area contributed by atoms with Gasteiger partial charge in [-0.25, -0.2) is 0 Å². The Labute approximate surface area is 154 Å². The fourth-order valence-corrected chi connectivity index (χ4v) is 2.80. The first-order chi connectivity index (χ1) is 12.0. The van der Waals surface area contributed by atoms with Crippen LogP contribution in [0.5, 0.6) is 11.5 Å². The van der Waals surface area contributed by atoms with Gasteiger partial charge in [0.2, 0.25) is 0 Å². The molecule has 0 saturated carbocycles. The summed E-state index contributed by atoms with van der Waals surface area (Å²) in [7, 11) is 0. The number of nitrogens with one attached hydrogen (secondary N) is 1. The molecule has 0 amide bonds. The zero-order valence-corrected chi connectivity index (χ0v) is 15.8. The second-order valence-electron chi connectivity index (χ2n) is 6.10. The molecule has 2 aromatic carbocycles. The highest BCUT2D eigenvalue weighted by molar-refractivity contribution is 6.32. The van der Waals surface area contributed by atoms with E-state index in [1.54, 1.807) is 6.92 Å². The van der Waals surface area contributed by atoms with Gasteiger partial charge in [-0.1, -0.05) is 41.4 Å². The molecule has 25 heavy (non-hydrogen) atoms. The molecule has 136 valence electrons. The summed E-state index contributed by atoms with van der Waals surface area (Å²) in [5, 5.41) is 13.0. The van der Waals surface area contributed by atoms with E-state index in [1.807, 2.05) is 31.2 Å². The van der Waals surface area contributed by atoms with Gasteiger partial charge in [-0.15, -0.1) is 0 Å². The van der Waals surface area contributed by atoms with Gasteiger partial charge in [0.05, 0.1) is 17.7 Å². The van der Waals surface area contributed by atoms with E-state index in [0.717, 1.165) is 11.1 Å². The van der Waals surface area contributed by atoms with Crippen LogP contribution in [-0.4, -0.2) is 24.4 Å². The van der Waals surface area contributed by atoms with E-state index in [1.165, 1.54) is 5.56 Å². The van der Waals surface area contributed by atoms with Crippen LogP contribution in [0.4, 0.5) is 0 Å². The van der Waals surface area contributed by atoms with Crippen LogP contribution in [0.15, 0.2) is 36.4 Å². The summed E-state index contributed by atoms with van der Waals surface area (Å²) in [4.78, 5) is 0. The van der Waals surface area contributed by atoms with Crippen LogP contribution in [0.1, 0.15) is 30.5 Å². The molecule has 5 heteroatoms. The van der Waals surface area contributed by atoms with Crippen LogP contribution in [0, 0.1) is 6.92 Å². The molecule has 0 aromatic heterocycles. The maximum Gasteiger partial charge on any atom is 0.180 e. The van der Waals surface area contributed by atoms with Gasteiger partial charge in [0, 0.05) is 13.1 Å². The maximum atomic E-state index is 9.33. The number of benzene rings is 2. The maximum absolute atomic E-state index is 9.33. The van der Waals surface area contributed by atoms with Crippen molar-refractivity contribution in [2.45, 2.75) is 40.0 Å². The smallest absolute Gasteiger partial charge is 0.180 e. The molecule has 0 aliphatic carbocycles. The van der Waals surface area contributed by atoms with E-state index < -0.39 is 6.10 Å². The third-order valence-electron chi connectivity index (χ3n) is 3.60. The fraction of sp³-hybridized carbons (Fsp3) is 0.400. The standard InChI is InChI=1S/C20H26ClNO3/c1-4-24-19-10-17(12-22-11-15(3)23)9-18(21)20(19)25-13-16-7-5-6-14(2)8-16/h5-10,15,22-23H,4,11-13H2,1-3H3/t15-/m1/s1. The normalized spacial score (nSPS) is 12.0. The molecule has 0 aliphatic rings. The van der Waals surface area contributed by atoms with Crippen molar-refractivity contribution in [1.29, 1.82) is 0 Å². The van der Waals surface area contributed by atoms with Gasteiger partial charge < -0.3 is 19.9 Å². The van der Waals surface area contributed by atoms with E-state index in [-0.39, 0.29) is 0 Å². The van der Waals surface area contributed by atoms with Crippen LogP contribution in [-0.2, 0) is 13.2 Å². The molecule has 0 saturated heterocycles. The Morgan fingerprint density at radius 1 is 1.16 bits per heavy atom. The molecule has 2 rings (SSSR count). The molecular weight excluding hydrogens is 338 g/mol. The second kappa shape index (κ2) is 9.66. The summed E-state index contributed by atoms with van der Waals surface area (Å²) in [5.74, 6) is 1.20. The SMILES string of the molecule is CCOc1cc(CNC[C@@H](C)O)cc(Cl)c1OCc1cccc(C)c1. The first-order valence-electron chi connectivity index (χ1n) is 8.52. The molecule has 2 N–H and O–H groups in total. The first-order valence-corrected chi connectivity index (χ1v) is 8.89. The zero-order valence-electron chi connectivity index (χ0n) is 15.0. The van der Waals surface area contributed by atoms with E-state index in [2.05, 4.69) is 24.4 Å². The molecule has 0 unspecified atom stereocenters. The van der Waals surface area contributed by atoms with Gasteiger partial charge in [-0.3, -0.25) is 0 Å². The van der Waals surface area contributed by atoms with Gasteiger partial charge >= 0.3 is 0 Å². The van der Waals surface area contributed by atoms with Crippen molar-refractivity contribution in [3.05, 3.63) is 58.1 Å². The van der Waals surface area contributed by atoms with Crippen molar-refractivity contribution in [1.82, 2.24) is 5.32 Å². The fourth-order valence-electron chi connectivity index (χ4n) is 2.51. The molecule has 0 spiro atoms. The number of aliphatic hydroxyl groups is 1. The monoisotopic (exact) mass is 363 g/mol. The molecule has 0 bridgehead atoms.